The Hall–Kier alpha value is -2.71. The van der Waals surface area contributed by atoms with Crippen LogP contribution in [-0.4, -0.2) is 63.3 Å². The van der Waals surface area contributed by atoms with Crippen molar-refractivity contribution in [3.05, 3.63) is 52.8 Å². The van der Waals surface area contributed by atoms with E-state index in [-0.39, 0.29) is 5.91 Å². The summed E-state index contributed by atoms with van der Waals surface area (Å²) in [5.41, 5.74) is 1.21. The molecule has 30 heavy (non-hydrogen) atoms. The van der Waals surface area contributed by atoms with Crippen molar-refractivity contribution in [2.45, 2.75) is 26.7 Å². The van der Waals surface area contributed by atoms with Crippen LogP contribution in [0.15, 0.2) is 36.4 Å². The van der Waals surface area contributed by atoms with E-state index in [4.69, 9.17) is 11.6 Å². The van der Waals surface area contributed by atoms with Gasteiger partial charge >= 0.3 is 0 Å². The molecule has 3 aromatic rings. The lowest BCUT2D eigenvalue weighted by Crippen LogP contribution is -2.26. The van der Waals surface area contributed by atoms with Gasteiger partial charge in [0.05, 0.1) is 0 Å². The van der Waals surface area contributed by atoms with Crippen LogP contribution in [0, 0.1) is 0 Å². The van der Waals surface area contributed by atoms with Gasteiger partial charge in [-0.2, -0.15) is 4.52 Å². The molecule has 0 atom stereocenters. The number of rotatable bonds is 11. The summed E-state index contributed by atoms with van der Waals surface area (Å²) in [5, 5.41) is 19.7. The topological polar surface area (TPSA) is 87.5 Å². The Labute approximate surface area is 181 Å². The van der Waals surface area contributed by atoms with Crippen molar-refractivity contribution in [1.29, 1.82) is 0 Å². The van der Waals surface area contributed by atoms with Gasteiger partial charge in [0.2, 0.25) is 0 Å². The Morgan fingerprint density at radius 2 is 1.97 bits per heavy atom. The molecule has 2 heterocycles. The second-order valence-corrected chi connectivity index (χ2v) is 7.36. The van der Waals surface area contributed by atoms with Gasteiger partial charge in [-0.3, -0.25) is 4.79 Å². The first-order chi connectivity index (χ1) is 14.6. The third kappa shape index (κ3) is 5.90. The molecule has 0 fully saturated rings. The zero-order chi connectivity index (χ0) is 21.3. The maximum Gasteiger partial charge on any atom is 0.251 e. The zero-order valence-corrected chi connectivity index (χ0v) is 18.2. The van der Waals surface area contributed by atoms with E-state index in [0.29, 0.717) is 35.0 Å². The molecule has 0 saturated heterocycles. The maximum atomic E-state index is 12.2. The van der Waals surface area contributed by atoms with Crippen molar-refractivity contribution in [2.75, 3.05) is 38.0 Å². The average Bonchev–Trinajstić information content (AvgIpc) is 3.16. The van der Waals surface area contributed by atoms with Gasteiger partial charge < -0.3 is 15.5 Å². The van der Waals surface area contributed by atoms with Crippen molar-refractivity contribution in [3.63, 3.8) is 0 Å². The van der Waals surface area contributed by atoms with Gasteiger partial charge in [-0.25, -0.2) is 0 Å². The van der Waals surface area contributed by atoms with Gasteiger partial charge in [0.25, 0.3) is 5.91 Å². The zero-order valence-electron chi connectivity index (χ0n) is 17.4. The van der Waals surface area contributed by atoms with Crippen LogP contribution in [-0.2, 0) is 6.42 Å². The Balaban J connectivity index is 1.53. The number of anilines is 1. The van der Waals surface area contributed by atoms with E-state index in [0.717, 1.165) is 38.4 Å². The monoisotopic (exact) mass is 429 g/mol. The number of hydrogen-bond acceptors (Lipinski definition) is 6. The standard InChI is InChI=1S/C21H28ClN7O/c1-3-28(4-2)14-6-12-23-18-9-10-19-25-26-20(29(19)27-18)11-13-24-21(30)16-7-5-8-17(22)15-16/h5,7-10,15H,3-4,6,11-14H2,1-2H3,(H,23,27)(H,24,30). The lowest BCUT2D eigenvalue weighted by Gasteiger charge is -2.17. The Morgan fingerprint density at radius 3 is 2.73 bits per heavy atom. The third-order valence-electron chi connectivity index (χ3n) is 4.90. The normalized spacial score (nSPS) is 11.2. The van der Waals surface area contributed by atoms with Crippen LogP contribution >= 0.6 is 11.6 Å². The molecule has 2 aromatic heterocycles. The molecule has 160 valence electrons. The first-order valence-electron chi connectivity index (χ1n) is 10.3. The molecule has 0 saturated carbocycles. The minimum Gasteiger partial charge on any atom is -0.369 e. The van der Waals surface area contributed by atoms with E-state index in [1.165, 1.54) is 0 Å². The fourth-order valence-corrected chi connectivity index (χ4v) is 3.35. The predicted molar refractivity (Wildman–Crippen MR) is 119 cm³/mol. The van der Waals surface area contributed by atoms with E-state index >= 15 is 0 Å². The largest absolute Gasteiger partial charge is 0.369 e. The van der Waals surface area contributed by atoms with Crippen LogP contribution in [0.5, 0.6) is 0 Å². The van der Waals surface area contributed by atoms with Gasteiger partial charge in [-0.1, -0.05) is 31.5 Å². The highest BCUT2D eigenvalue weighted by atomic mass is 35.5. The quantitative estimate of drug-likeness (QED) is 0.456. The van der Waals surface area contributed by atoms with Crippen LogP contribution in [0.3, 0.4) is 0 Å². The van der Waals surface area contributed by atoms with E-state index in [9.17, 15) is 4.79 Å². The fourth-order valence-electron chi connectivity index (χ4n) is 3.16. The van der Waals surface area contributed by atoms with E-state index in [1.54, 1.807) is 28.8 Å². The van der Waals surface area contributed by atoms with Crippen molar-refractivity contribution in [3.8, 4) is 0 Å². The van der Waals surface area contributed by atoms with Gasteiger partial charge in [-0.15, -0.1) is 15.3 Å². The second kappa shape index (κ2) is 10.9. The summed E-state index contributed by atoms with van der Waals surface area (Å²) in [6, 6.07) is 10.7. The molecule has 0 unspecified atom stereocenters. The first kappa shape index (κ1) is 22.0. The van der Waals surface area contributed by atoms with Crippen molar-refractivity contribution < 1.29 is 4.79 Å². The third-order valence-corrected chi connectivity index (χ3v) is 5.14. The molecule has 0 radical (unpaired) electrons. The highest BCUT2D eigenvalue weighted by Crippen LogP contribution is 2.11. The summed E-state index contributed by atoms with van der Waals surface area (Å²) in [5.74, 6) is 1.31. The Bertz CT molecular complexity index is 971. The number of amides is 1. The molecule has 2 N–H and O–H groups in total. The Kier molecular flexibility index (Phi) is 7.98. The summed E-state index contributed by atoms with van der Waals surface area (Å²) in [7, 11) is 0. The van der Waals surface area contributed by atoms with E-state index in [1.807, 2.05) is 12.1 Å². The van der Waals surface area contributed by atoms with Gasteiger partial charge in [0, 0.05) is 30.1 Å². The number of hydrogen-bond donors (Lipinski definition) is 2. The summed E-state index contributed by atoms with van der Waals surface area (Å²) in [6.07, 6.45) is 1.57. The molecule has 3 rings (SSSR count). The number of benzene rings is 1. The number of carbonyl (C=O) groups is 1. The highest BCUT2D eigenvalue weighted by molar-refractivity contribution is 6.30. The SMILES string of the molecule is CCN(CC)CCCNc1ccc2nnc(CCNC(=O)c3cccc(Cl)c3)n2n1. The molecular formula is C21H28ClN7O. The number of nitrogens with one attached hydrogen (secondary N) is 2. The fraction of sp³-hybridized carbons (Fsp3) is 0.429. The molecule has 0 bridgehead atoms. The molecule has 0 aliphatic rings. The van der Waals surface area contributed by atoms with Crippen LogP contribution in [0.2, 0.25) is 5.02 Å². The van der Waals surface area contributed by atoms with E-state index in [2.05, 4.69) is 44.7 Å². The average molecular weight is 430 g/mol. The minimum absolute atomic E-state index is 0.171. The molecular weight excluding hydrogens is 402 g/mol. The van der Waals surface area contributed by atoms with Crippen LogP contribution < -0.4 is 10.6 Å². The highest BCUT2D eigenvalue weighted by Gasteiger charge is 2.10. The van der Waals surface area contributed by atoms with Gasteiger partial charge in [0.15, 0.2) is 11.5 Å². The first-order valence-corrected chi connectivity index (χ1v) is 10.7. The smallest absolute Gasteiger partial charge is 0.251 e. The molecule has 1 aromatic carbocycles. The molecule has 0 aliphatic heterocycles. The number of aromatic nitrogens is 4. The maximum absolute atomic E-state index is 12.2. The lowest BCUT2D eigenvalue weighted by molar-refractivity contribution is 0.0954. The van der Waals surface area contributed by atoms with Crippen LogP contribution in [0.4, 0.5) is 5.82 Å². The molecule has 0 spiro atoms. The summed E-state index contributed by atoms with van der Waals surface area (Å²) in [4.78, 5) is 14.6. The minimum atomic E-state index is -0.171. The number of nitrogens with zero attached hydrogens (tertiary/aromatic N) is 5. The van der Waals surface area contributed by atoms with Crippen molar-refractivity contribution in [2.24, 2.45) is 0 Å². The van der Waals surface area contributed by atoms with E-state index < -0.39 is 0 Å². The summed E-state index contributed by atoms with van der Waals surface area (Å²) in [6.45, 7) is 8.83. The van der Waals surface area contributed by atoms with Gasteiger partial charge in [0.1, 0.15) is 5.82 Å². The van der Waals surface area contributed by atoms with Crippen LogP contribution in [0.25, 0.3) is 5.65 Å². The number of carbonyl (C=O) groups excluding carboxylic acids is 1. The predicted octanol–water partition coefficient (Wildman–Crippen LogP) is 2.89. The lowest BCUT2D eigenvalue weighted by atomic mass is 10.2. The summed E-state index contributed by atoms with van der Waals surface area (Å²) >= 11 is 5.94. The van der Waals surface area contributed by atoms with Crippen molar-refractivity contribution in [1.82, 2.24) is 30.0 Å². The molecule has 9 heteroatoms. The molecule has 1 amide bonds. The summed E-state index contributed by atoms with van der Waals surface area (Å²) < 4.78 is 1.72. The van der Waals surface area contributed by atoms with Crippen molar-refractivity contribution >= 4 is 29.0 Å². The molecule has 8 nitrogen and oxygen atoms in total. The van der Waals surface area contributed by atoms with Gasteiger partial charge in [-0.05, 0) is 56.4 Å². The van der Waals surface area contributed by atoms with Crippen LogP contribution in [0.1, 0.15) is 36.5 Å². The molecule has 0 aliphatic carbocycles. The number of halogens is 1. The second-order valence-electron chi connectivity index (χ2n) is 6.93. The Morgan fingerprint density at radius 1 is 1.13 bits per heavy atom. The number of fused-ring (bicyclic) bond motifs is 1.